The summed E-state index contributed by atoms with van der Waals surface area (Å²) in [4.78, 5) is 23.3. The van der Waals surface area contributed by atoms with E-state index in [1.54, 1.807) is 0 Å². The molecule has 0 saturated heterocycles. The van der Waals surface area contributed by atoms with E-state index < -0.39 is 11.7 Å². The van der Waals surface area contributed by atoms with Gasteiger partial charge in [0.1, 0.15) is 5.78 Å². The third-order valence-electron chi connectivity index (χ3n) is 5.59. The number of rotatable bonds is 13. The molecule has 0 aromatic carbocycles. The van der Waals surface area contributed by atoms with E-state index in [9.17, 15) is 19.8 Å². The van der Waals surface area contributed by atoms with Crippen LogP contribution in [0.2, 0.25) is 0 Å². The number of ketones is 1. The molecule has 0 amide bonds. The smallest absolute Gasteiger partial charge is 0.469 e. The molecule has 0 aliphatic heterocycles. The fraction of sp³-hybridized carbons (Fsp3) is 0.818. The molecular formula is C22H39O5+. The maximum absolute atomic E-state index is 12.2. The van der Waals surface area contributed by atoms with Gasteiger partial charge in [-0.1, -0.05) is 51.2 Å². The van der Waals surface area contributed by atoms with Crippen molar-refractivity contribution in [3.05, 3.63) is 12.2 Å². The van der Waals surface area contributed by atoms with Crippen LogP contribution in [-0.4, -0.2) is 40.8 Å². The van der Waals surface area contributed by atoms with Gasteiger partial charge in [0.2, 0.25) is 0 Å². The molecule has 5 nitrogen and oxygen atoms in total. The molecule has 2 N–H and O–H groups in total. The van der Waals surface area contributed by atoms with Gasteiger partial charge in [0.15, 0.2) is 0 Å². The molecule has 1 rings (SSSR count). The second kappa shape index (κ2) is 12.3. The molecule has 0 aromatic rings. The van der Waals surface area contributed by atoms with Gasteiger partial charge < -0.3 is 14.9 Å². The van der Waals surface area contributed by atoms with Gasteiger partial charge >= 0.3 is 7.40 Å². The molecule has 0 bridgehead atoms. The summed E-state index contributed by atoms with van der Waals surface area (Å²) < 4.78 is 4.62. The molecular weight excluding hydrogens is 344 g/mol. The summed E-state index contributed by atoms with van der Waals surface area (Å²) in [5, 5.41) is 20.6. The van der Waals surface area contributed by atoms with E-state index in [1.807, 2.05) is 19.1 Å². The number of unbranched alkanes of at least 4 members (excludes halogenated alkanes) is 4. The Bertz CT molecular complexity index is 489. The van der Waals surface area contributed by atoms with Gasteiger partial charge in [0.05, 0.1) is 18.8 Å². The molecule has 1 fully saturated rings. The first kappa shape index (κ1) is 23.8. The van der Waals surface area contributed by atoms with Crippen molar-refractivity contribution in [1.82, 2.24) is 0 Å². The minimum Gasteiger partial charge on any atom is -0.469 e. The summed E-state index contributed by atoms with van der Waals surface area (Å²) in [6.07, 6.45) is 11.7. The predicted molar refractivity (Wildman–Crippen MR) is 107 cm³/mol. The number of methoxy groups -OCH3 is 1. The van der Waals surface area contributed by atoms with Gasteiger partial charge in [-0.15, -0.1) is 0 Å². The standard InChI is InChI=1S/C22H38O5/c1-4-5-14-22(2,26)15-10-12-18-17(19(23)16-20(18)24)11-8-6-7-9-13-21(25)27-3/h10,12,17-18,20,24,26H,4-9,11,13-16H2,1-3H3/p+1/b12-10+/t17-,18-,20-,22?/m1/s1. The fourth-order valence-corrected chi connectivity index (χ4v) is 3.82. The normalized spacial score (nSPS) is 25.1. The second-order valence-corrected chi connectivity index (χ2v) is 8.18. The van der Waals surface area contributed by atoms with Gasteiger partial charge in [-0.05, 0) is 32.6 Å². The molecule has 0 radical (unpaired) electrons. The molecule has 1 saturated carbocycles. The van der Waals surface area contributed by atoms with Crippen LogP contribution in [0.15, 0.2) is 12.2 Å². The molecule has 4 atom stereocenters. The van der Waals surface area contributed by atoms with E-state index in [-0.39, 0.29) is 31.4 Å². The van der Waals surface area contributed by atoms with Crippen molar-refractivity contribution in [3.63, 3.8) is 0 Å². The lowest BCUT2D eigenvalue weighted by molar-refractivity contribution is -0.140. The van der Waals surface area contributed by atoms with Crippen LogP contribution in [0, 0.1) is 11.8 Å². The van der Waals surface area contributed by atoms with Gasteiger partial charge in [0.25, 0.3) is 0 Å². The molecule has 1 unspecified atom stereocenters. The number of aliphatic hydroxyl groups excluding tert-OH is 1. The number of hydrogen-bond acceptors (Lipinski definition) is 5. The number of aliphatic hydroxyl groups is 2. The Morgan fingerprint density at radius 3 is 2.67 bits per heavy atom. The summed E-state index contributed by atoms with van der Waals surface area (Å²) in [5.74, 6) is -0.305. The Morgan fingerprint density at radius 1 is 1.30 bits per heavy atom. The van der Waals surface area contributed by atoms with Crippen LogP contribution in [0.5, 0.6) is 0 Å². The fourth-order valence-electron chi connectivity index (χ4n) is 3.82. The van der Waals surface area contributed by atoms with E-state index in [0.717, 1.165) is 51.4 Å². The maximum Gasteiger partial charge on any atom is 1.00 e. The van der Waals surface area contributed by atoms with Gasteiger partial charge in [-0.2, -0.15) is 0 Å². The highest BCUT2D eigenvalue weighted by Gasteiger charge is 2.39. The molecule has 0 aromatic heterocycles. The number of carbonyl (C=O) groups excluding carboxylic acids is 2. The molecule has 1 aliphatic rings. The Labute approximate surface area is 165 Å². The summed E-state index contributed by atoms with van der Waals surface area (Å²) in [6.45, 7) is 3.95. The van der Waals surface area contributed by atoms with E-state index in [2.05, 4.69) is 11.7 Å². The average molecular weight is 384 g/mol. The van der Waals surface area contributed by atoms with Crippen molar-refractivity contribution in [2.45, 2.75) is 96.2 Å². The molecule has 0 heterocycles. The monoisotopic (exact) mass is 383 g/mol. The van der Waals surface area contributed by atoms with Crippen LogP contribution in [0.25, 0.3) is 0 Å². The number of carbonyl (C=O) groups is 2. The van der Waals surface area contributed by atoms with E-state index >= 15 is 0 Å². The quantitative estimate of drug-likeness (QED) is 0.285. The predicted octanol–water partition coefficient (Wildman–Crippen LogP) is 4.07. The first-order valence-electron chi connectivity index (χ1n) is 10.5. The average Bonchev–Trinajstić information content (AvgIpc) is 2.89. The van der Waals surface area contributed by atoms with Crippen molar-refractivity contribution >= 4 is 11.8 Å². The third-order valence-corrected chi connectivity index (χ3v) is 5.59. The van der Waals surface area contributed by atoms with Crippen LogP contribution in [0.1, 0.15) is 85.9 Å². The lowest BCUT2D eigenvalue weighted by Crippen LogP contribution is -2.23. The van der Waals surface area contributed by atoms with E-state index in [1.165, 1.54) is 7.11 Å². The Morgan fingerprint density at radius 2 is 2.00 bits per heavy atom. The van der Waals surface area contributed by atoms with Crippen molar-refractivity contribution in [3.8, 4) is 0 Å². The first-order chi connectivity index (χ1) is 12.8. The van der Waals surface area contributed by atoms with Gasteiger partial charge in [0, 0.05) is 24.7 Å². The van der Waals surface area contributed by atoms with Gasteiger partial charge in [-0.25, -0.2) is 0 Å². The minimum atomic E-state index is -0.727. The molecule has 5 heteroatoms. The van der Waals surface area contributed by atoms with Crippen molar-refractivity contribution in [1.29, 1.82) is 0 Å². The first-order valence-corrected chi connectivity index (χ1v) is 10.5. The van der Waals surface area contributed by atoms with Crippen LogP contribution in [-0.2, 0) is 14.3 Å². The Kier molecular flexibility index (Phi) is 10.9. The van der Waals surface area contributed by atoms with E-state index in [0.29, 0.717) is 12.8 Å². The molecule has 1 aliphatic carbocycles. The highest BCUT2D eigenvalue weighted by atomic mass is 16.5. The topological polar surface area (TPSA) is 83.8 Å². The molecule has 0 spiro atoms. The molecule has 27 heavy (non-hydrogen) atoms. The SMILES string of the molecule is CCCCC(C)(O)C/C=C/[C@H]1[C@H](O)CC(=O)[C@@H]1CCCCCCC(=O)OC.[H+]. The molecule has 156 valence electrons. The van der Waals surface area contributed by atoms with Crippen LogP contribution in [0.4, 0.5) is 0 Å². The number of esters is 1. The van der Waals surface area contributed by atoms with Crippen LogP contribution < -0.4 is 0 Å². The highest BCUT2D eigenvalue weighted by molar-refractivity contribution is 5.84. The number of Topliss-reactive ketones (excluding diaryl/α,β-unsaturated/α-hetero) is 1. The minimum absolute atomic E-state index is 0. The zero-order valence-corrected chi connectivity index (χ0v) is 17.3. The zero-order valence-electron chi connectivity index (χ0n) is 18.3. The third kappa shape index (κ3) is 9.02. The lowest BCUT2D eigenvalue weighted by Gasteiger charge is -2.22. The van der Waals surface area contributed by atoms with Gasteiger partial charge in [-0.3, -0.25) is 9.59 Å². The summed E-state index contributed by atoms with van der Waals surface area (Å²) in [7, 11) is 1.40. The van der Waals surface area contributed by atoms with Crippen molar-refractivity contribution < 1.29 is 26.0 Å². The summed E-state index contributed by atoms with van der Waals surface area (Å²) in [6, 6.07) is 0. The van der Waals surface area contributed by atoms with Crippen molar-refractivity contribution in [2.75, 3.05) is 7.11 Å². The number of hydrogen-bond donors (Lipinski definition) is 2. The van der Waals surface area contributed by atoms with Crippen molar-refractivity contribution in [2.24, 2.45) is 11.8 Å². The van der Waals surface area contributed by atoms with E-state index in [4.69, 9.17) is 0 Å². The van der Waals surface area contributed by atoms with Crippen LogP contribution >= 0.6 is 0 Å². The Balaban J connectivity index is 0.00000729. The largest absolute Gasteiger partial charge is 1.00 e. The second-order valence-electron chi connectivity index (χ2n) is 8.18. The highest BCUT2D eigenvalue weighted by Crippen LogP contribution is 2.34. The van der Waals surface area contributed by atoms with Crippen LogP contribution in [0.3, 0.4) is 0 Å². The maximum atomic E-state index is 12.2. The zero-order chi connectivity index (χ0) is 20.3. The Hall–Kier alpha value is -1.20. The number of ether oxygens (including phenoxy) is 1. The summed E-state index contributed by atoms with van der Waals surface area (Å²) >= 11 is 0. The summed E-state index contributed by atoms with van der Waals surface area (Å²) in [5.41, 5.74) is -0.727. The lowest BCUT2D eigenvalue weighted by atomic mass is 9.87.